The Balaban J connectivity index is 0.00000115. The molecular weight excluding hydrogens is 498 g/mol. The fourth-order valence-corrected chi connectivity index (χ4v) is 5.95. The summed E-state index contributed by atoms with van der Waals surface area (Å²) < 4.78 is 26.5. The minimum absolute atomic E-state index is 0.0896. The average molecular weight is 528 g/mol. The van der Waals surface area contributed by atoms with E-state index in [-0.39, 0.29) is 16.9 Å². The second kappa shape index (κ2) is 12.8. The molecule has 7 nitrogen and oxygen atoms in total. The van der Waals surface area contributed by atoms with E-state index < -0.39 is 9.84 Å². The summed E-state index contributed by atoms with van der Waals surface area (Å²) in [6.07, 6.45) is 4.95. The first-order chi connectivity index (χ1) is 17.3. The van der Waals surface area contributed by atoms with Crippen molar-refractivity contribution in [2.75, 3.05) is 18.0 Å². The summed E-state index contributed by atoms with van der Waals surface area (Å²) in [4.78, 5) is 27.6. The SMILES string of the molecule is CCCC1CCCN(c2cccc(S(=O)(=O)Cc3ccc(Cl)c(-c4ccccc4C)n3)n2)C1.O=C=O. The lowest BCUT2D eigenvalue weighted by molar-refractivity contribution is -0.191. The number of nitrogens with zero attached hydrogens (tertiary/aromatic N) is 3. The maximum Gasteiger partial charge on any atom is 0.373 e. The Kier molecular flexibility index (Phi) is 9.76. The molecule has 0 spiro atoms. The van der Waals surface area contributed by atoms with Gasteiger partial charge in [0, 0.05) is 18.7 Å². The standard InChI is InChI=1S/C26H30ClN3O2S.CO2/c1-3-8-20-10-7-16-30(17-20)24-12-6-13-25(29-24)33(31,32)18-21-14-15-23(27)26(28-21)22-11-5-4-9-19(22)2;2-1-3/h4-6,9,11-15,20H,3,7-8,10,16-18H2,1-2H3;. The molecule has 0 aliphatic carbocycles. The predicted molar refractivity (Wildman–Crippen MR) is 139 cm³/mol. The molecule has 0 N–H and O–H groups in total. The largest absolute Gasteiger partial charge is 0.373 e. The van der Waals surface area contributed by atoms with Crippen molar-refractivity contribution < 1.29 is 18.0 Å². The zero-order valence-electron chi connectivity index (χ0n) is 20.5. The molecule has 1 fully saturated rings. The van der Waals surface area contributed by atoms with Gasteiger partial charge in [-0.3, -0.25) is 4.98 Å². The van der Waals surface area contributed by atoms with Crippen molar-refractivity contribution in [2.24, 2.45) is 5.92 Å². The summed E-state index contributed by atoms with van der Waals surface area (Å²) >= 11 is 6.40. The molecule has 1 aliphatic heterocycles. The van der Waals surface area contributed by atoms with Gasteiger partial charge < -0.3 is 4.90 Å². The first kappa shape index (κ1) is 27.5. The molecule has 0 radical (unpaired) electrons. The molecule has 1 saturated heterocycles. The zero-order valence-corrected chi connectivity index (χ0v) is 22.1. The summed E-state index contributed by atoms with van der Waals surface area (Å²) in [5.74, 6) is 1.16. The van der Waals surface area contributed by atoms with E-state index in [9.17, 15) is 8.42 Å². The van der Waals surface area contributed by atoms with Crippen molar-refractivity contribution in [1.29, 1.82) is 0 Å². The van der Waals surface area contributed by atoms with Crippen LogP contribution in [-0.2, 0) is 25.2 Å². The van der Waals surface area contributed by atoms with Gasteiger partial charge in [0.1, 0.15) is 5.82 Å². The highest BCUT2D eigenvalue weighted by Crippen LogP contribution is 2.30. The first-order valence-electron chi connectivity index (χ1n) is 11.9. The van der Waals surface area contributed by atoms with Crippen molar-refractivity contribution in [2.45, 2.75) is 50.3 Å². The molecule has 0 bridgehead atoms. The predicted octanol–water partition coefficient (Wildman–Crippen LogP) is 5.51. The number of aromatic nitrogens is 2. The summed E-state index contributed by atoms with van der Waals surface area (Å²) in [5, 5.41) is 0.587. The average Bonchev–Trinajstić information content (AvgIpc) is 2.86. The number of rotatable bonds is 7. The maximum absolute atomic E-state index is 13.2. The molecule has 36 heavy (non-hydrogen) atoms. The van der Waals surface area contributed by atoms with Gasteiger partial charge in [-0.2, -0.15) is 9.59 Å². The third-order valence-electron chi connectivity index (χ3n) is 6.21. The van der Waals surface area contributed by atoms with Crippen LogP contribution in [0.5, 0.6) is 0 Å². The minimum atomic E-state index is -3.66. The Morgan fingerprint density at radius 1 is 1.06 bits per heavy atom. The molecule has 1 atom stereocenters. The summed E-state index contributed by atoms with van der Waals surface area (Å²) in [6.45, 7) is 6.04. The number of carbonyl (C=O) groups excluding carboxylic acids is 2. The van der Waals surface area contributed by atoms with Crippen LogP contribution in [-0.4, -0.2) is 37.6 Å². The molecule has 1 unspecified atom stereocenters. The molecule has 1 aliphatic rings. The second-order valence-corrected chi connectivity index (χ2v) is 11.2. The van der Waals surface area contributed by atoms with Gasteiger partial charge in [0.2, 0.25) is 9.84 Å². The van der Waals surface area contributed by atoms with E-state index >= 15 is 0 Å². The Morgan fingerprint density at radius 2 is 1.81 bits per heavy atom. The molecule has 4 rings (SSSR count). The fraction of sp³-hybridized carbons (Fsp3) is 0.370. The lowest BCUT2D eigenvalue weighted by Crippen LogP contribution is -2.36. The van der Waals surface area contributed by atoms with Crippen LogP contribution >= 0.6 is 11.6 Å². The Hall–Kier alpha value is -3.06. The van der Waals surface area contributed by atoms with Crippen LogP contribution in [0.1, 0.15) is 43.9 Å². The second-order valence-electron chi connectivity index (χ2n) is 8.87. The van der Waals surface area contributed by atoms with Gasteiger partial charge in [-0.05, 0) is 61.9 Å². The third kappa shape index (κ3) is 7.00. The quantitative estimate of drug-likeness (QED) is 0.399. The first-order valence-corrected chi connectivity index (χ1v) is 14.0. The summed E-state index contributed by atoms with van der Waals surface area (Å²) in [5.41, 5.74) is 2.98. The van der Waals surface area contributed by atoms with Crippen LogP contribution in [0.2, 0.25) is 5.02 Å². The van der Waals surface area contributed by atoms with Crippen LogP contribution < -0.4 is 4.90 Å². The molecule has 190 valence electrons. The van der Waals surface area contributed by atoms with E-state index in [1.807, 2.05) is 37.3 Å². The van der Waals surface area contributed by atoms with Crippen molar-refractivity contribution >= 4 is 33.4 Å². The van der Waals surface area contributed by atoms with Crippen molar-refractivity contribution in [3.63, 3.8) is 0 Å². The number of piperidine rings is 1. The molecule has 0 saturated carbocycles. The number of aryl methyl sites for hydroxylation is 1. The van der Waals surface area contributed by atoms with Crippen molar-refractivity contribution in [3.8, 4) is 11.3 Å². The topological polar surface area (TPSA) is 97.3 Å². The summed E-state index contributed by atoms with van der Waals surface area (Å²) in [6, 6.07) is 16.5. The molecular formula is C27H30ClN3O4S. The fourth-order valence-electron chi connectivity index (χ4n) is 4.53. The third-order valence-corrected chi connectivity index (χ3v) is 8.05. The van der Waals surface area contributed by atoms with Crippen molar-refractivity contribution in [1.82, 2.24) is 9.97 Å². The van der Waals surface area contributed by atoms with Gasteiger partial charge >= 0.3 is 6.15 Å². The molecule has 3 heterocycles. The highest BCUT2D eigenvalue weighted by molar-refractivity contribution is 7.90. The Labute approximate surface area is 217 Å². The van der Waals surface area contributed by atoms with Crippen molar-refractivity contribution in [3.05, 3.63) is 70.9 Å². The number of sulfone groups is 1. The zero-order chi connectivity index (χ0) is 26.1. The van der Waals surface area contributed by atoms with E-state index in [2.05, 4.69) is 21.8 Å². The monoisotopic (exact) mass is 527 g/mol. The number of anilines is 1. The molecule has 0 amide bonds. The van der Waals surface area contributed by atoms with Gasteiger partial charge in [-0.15, -0.1) is 0 Å². The maximum atomic E-state index is 13.2. The molecule has 3 aromatic rings. The number of pyridine rings is 2. The minimum Gasteiger partial charge on any atom is -0.356 e. The number of hydrogen-bond donors (Lipinski definition) is 0. The normalized spacial score (nSPS) is 15.5. The van der Waals surface area contributed by atoms with Gasteiger partial charge in [0.05, 0.1) is 22.2 Å². The summed E-state index contributed by atoms with van der Waals surface area (Å²) in [7, 11) is -3.66. The van der Waals surface area contributed by atoms with Gasteiger partial charge in [-0.1, -0.05) is 55.3 Å². The van der Waals surface area contributed by atoms with Crippen LogP contribution in [0, 0.1) is 12.8 Å². The molecule has 9 heteroatoms. The Morgan fingerprint density at radius 3 is 2.53 bits per heavy atom. The van der Waals surface area contributed by atoms with Crippen LogP contribution in [0.15, 0.2) is 59.6 Å². The van der Waals surface area contributed by atoms with E-state index in [1.165, 1.54) is 19.3 Å². The van der Waals surface area contributed by atoms with E-state index in [4.69, 9.17) is 21.2 Å². The highest BCUT2D eigenvalue weighted by atomic mass is 35.5. The smallest absolute Gasteiger partial charge is 0.356 e. The number of benzene rings is 1. The van der Waals surface area contributed by atoms with Gasteiger partial charge in [0.15, 0.2) is 5.03 Å². The van der Waals surface area contributed by atoms with E-state index in [1.54, 1.807) is 24.3 Å². The lowest BCUT2D eigenvalue weighted by atomic mass is 9.94. The van der Waals surface area contributed by atoms with Gasteiger partial charge in [-0.25, -0.2) is 13.4 Å². The lowest BCUT2D eigenvalue weighted by Gasteiger charge is -2.33. The number of hydrogen-bond acceptors (Lipinski definition) is 7. The highest BCUT2D eigenvalue weighted by Gasteiger charge is 2.23. The molecule has 1 aromatic carbocycles. The Bertz CT molecular complexity index is 1320. The van der Waals surface area contributed by atoms with Gasteiger partial charge in [0.25, 0.3) is 0 Å². The van der Waals surface area contributed by atoms with E-state index in [0.717, 1.165) is 36.5 Å². The van der Waals surface area contributed by atoms with Crippen LogP contribution in [0.25, 0.3) is 11.3 Å². The number of halogens is 1. The van der Waals surface area contributed by atoms with E-state index in [0.29, 0.717) is 22.3 Å². The van der Waals surface area contributed by atoms with Crippen LogP contribution in [0.3, 0.4) is 0 Å². The van der Waals surface area contributed by atoms with Crippen LogP contribution in [0.4, 0.5) is 5.82 Å². The molecule has 2 aromatic heterocycles.